The van der Waals surface area contributed by atoms with E-state index in [0.29, 0.717) is 0 Å². The van der Waals surface area contributed by atoms with Crippen LogP contribution < -0.4 is 10.2 Å². The Balaban J connectivity index is 2.00. The lowest BCUT2D eigenvalue weighted by Gasteiger charge is -2.31. The number of benzene rings is 1. The number of rotatable bonds is 4. The molecule has 0 bridgehead atoms. The van der Waals surface area contributed by atoms with Crippen molar-refractivity contribution in [1.29, 1.82) is 0 Å². The number of hydrogen-bond donors (Lipinski definition) is 1. The zero-order valence-corrected chi connectivity index (χ0v) is 11.1. The number of anilines is 1. The lowest BCUT2D eigenvalue weighted by Crippen LogP contribution is -2.36. The lowest BCUT2D eigenvalue weighted by atomic mass is 9.97. The van der Waals surface area contributed by atoms with Crippen LogP contribution >= 0.6 is 0 Å². The molecule has 0 aliphatic carbocycles. The summed E-state index contributed by atoms with van der Waals surface area (Å²) in [7, 11) is 0. The van der Waals surface area contributed by atoms with Crippen molar-refractivity contribution in [1.82, 2.24) is 5.32 Å². The Kier molecular flexibility index (Phi) is 4.43. The molecule has 2 nitrogen and oxygen atoms in total. The minimum absolute atomic E-state index is 0.858. The number of nitrogens with one attached hydrogen (secondary N) is 1. The van der Waals surface area contributed by atoms with Crippen molar-refractivity contribution in [2.45, 2.75) is 26.7 Å². The van der Waals surface area contributed by atoms with Gasteiger partial charge in [-0.05, 0) is 63.4 Å². The molecule has 1 heterocycles. The van der Waals surface area contributed by atoms with Gasteiger partial charge in [-0.2, -0.15) is 0 Å². The average Bonchev–Trinajstić information content (AvgIpc) is 2.37. The fourth-order valence-electron chi connectivity index (χ4n) is 2.62. The van der Waals surface area contributed by atoms with Gasteiger partial charge in [0.1, 0.15) is 0 Å². The zero-order chi connectivity index (χ0) is 12.1. The molecule has 1 N–H and O–H groups in total. The van der Waals surface area contributed by atoms with Crippen LogP contribution in [-0.4, -0.2) is 26.2 Å². The molecule has 0 saturated carbocycles. The van der Waals surface area contributed by atoms with Crippen molar-refractivity contribution in [3.05, 3.63) is 29.8 Å². The topological polar surface area (TPSA) is 15.3 Å². The Morgan fingerprint density at radius 3 is 2.71 bits per heavy atom. The van der Waals surface area contributed by atoms with E-state index in [1.165, 1.54) is 43.7 Å². The van der Waals surface area contributed by atoms with E-state index >= 15 is 0 Å². The van der Waals surface area contributed by atoms with E-state index < -0.39 is 0 Å². The Morgan fingerprint density at radius 2 is 2.06 bits per heavy atom. The van der Waals surface area contributed by atoms with E-state index in [1.807, 2.05) is 0 Å². The standard InChI is InChI=1S/C15H24N2/c1-3-17(12-14-7-9-16-10-8-14)15-6-4-5-13(2)11-15/h4-6,11,14,16H,3,7-10,12H2,1-2H3. The molecule has 1 aliphatic heterocycles. The summed E-state index contributed by atoms with van der Waals surface area (Å²) in [5.41, 5.74) is 2.73. The highest BCUT2D eigenvalue weighted by molar-refractivity contribution is 5.48. The first kappa shape index (κ1) is 12.4. The van der Waals surface area contributed by atoms with E-state index in [2.05, 4.69) is 48.3 Å². The van der Waals surface area contributed by atoms with Gasteiger partial charge in [-0.25, -0.2) is 0 Å². The molecule has 94 valence electrons. The smallest absolute Gasteiger partial charge is 0.0368 e. The van der Waals surface area contributed by atoms with E-state index in [0.717, 1.165) is 12.5 Å². The lowest BCUT2D eigenvalue weighted by molar-refractivity contribution is 0.374. The van der Waals surface area contributed by atoms with Crippen LogP contribution in [0.1, 0.15) is 25.3 Å². The van der Waals surface area contributed by atoms with Crippen molar-refractivity contribution in [2.24, 2.45) is 5.92 Å². The number of nitrogens with zero attached hydrogens (tertiary/aromatic N) is 1. The van der Waals surface area contributed by atoms with Gasteiger partial charge in [0.25, 0.3) is 0 Å². The first-order chi connectivity index (χ1) is 8.29. The minimum Gasteiger partial charge on any atom is -0.372 e. The van der Waals surface area contributed by atoms with E-state index in [-0.39, 0.29) is 0 Å². The third-order valence-electron chi connectivity index (χ3n) is 3.69. The van der Waals surface area contributed by atoms with E-state index in [9.17, 15) is 0 Å². The second kappa shape index (κ2) is 6.06. The molecule has 17 heavy (non-hydrogen) atoms. The van der Waals surface area contributed by atoms with Crippen LogP contribution in [0.15, 0.2) is 24.3 Å². The quantitative estimate of drug-likeness (QED) is 0.858. The van der Waals surface area contributed by atoms with Crippen LogP contribution in [0.2, 0.25) is 0 Å². The Labute approximate surface area is 105 Å². The van der Waals surface area contributed by atoms with Crippen LogP contribution in [0, 0.1) is 12.8 Å². The Hall–Kier alpha value is -1.02. The van der Waals surface area contributed by atoms with Crippen LogP contribution in [0.5, 0.6) is 0 Å². The summed E-state index contributed by atoms with van der Waals surface area (Å²) < 4.78 is 0. The van der Waals surface area contributed by atoms with Crippen molar-refractivity contribution >= 4 is 5.69 Å². The highest BCUT2D eigenvalue weighted by Gasteiger charge is 2.16. The summed E-state index contributed by atoms with van der Waals surface area (Å²) in [4.78, 5) is 2.52. The molecular formula is C15H24N2. The number of hydrogen-bond acceptors (Lipinski definition) is 2. The van der Waals surface area contributed by atoms with E-state index in [1.54, 1.807) is 0 Å². The Morgan fingerprint density at radius 1 is 1.29 bits per heavy atom. The van der Waals surface area contributed by atoms with Crippen LogP contribution in [0.25, 0.3) is 0 Å². The van der Waals surface area contributed by atoms with Gasteiger partial charge < -0.3 is 10.2 Å². The summed E-state index contributed by atoms with van der Waals surface area (Å²) in [5.74, 6) is 0.858. The van der Waals surface area contributed by atoms with Crippen molar-refractivity contribution in [2.75, 3.05) is 31.1 Å². The van der Waals surface area contributed by atoms with Crippen molar-refractivity contribution in [3.8, 4) is 0 Å². The van der Waals surface area contributed by atoms with Gasteiger partial charge >= 0.3 is 0 Å². The molecule has 0 aromatic heterocycles. The van der Waals surface area contributed by atoms with Crippen molar-refractivity contribution in [3.63, 3.8) is 0 Å². The maximum absolute atomic E-state index is 3.44. The normalized spacial score (nSPS) is 17.1. The highest BCUT2D eigenvalue weighted by atomic mass is 15.1. The summed E-state index contributed by atoms with van der Waals surface area (Å²) in [5, 5.41) is 3.44. The van der Waals surface area contributed by atoms with Gasteiger partial charge in [0, 0.05) is 18.8 Å². The largest absolute Gasteiger partial charge is 0.372 e. The molecule has 1 saturated heterocycles. The molecule has 1 aromatic rings. The molecular weight excluding hydrogens is 208 g/mol. The predicted molar refractivity (Wildman–Crippen MR) is 74.7 cm³/mol. The van der Waals surface area contributed by atoms with E-state index in [4.69, 9.17) is 0 Å². The summed E-state index contributed by atoms with van der Waals surface area (Å²) in [6, 6.07) is 8.86. The monoisotopic (exact) mass is 232 g/mol. The average molecular weight is 232 g/mol. The first-order valence-electron chi connectivity index (χ1n) is 6.82. The molecule has 0 unspecified atom stereocenters. The Bertz CT molecular complexity index is 343. The summed E-state index contributed by atoms with van der Waals surface area (Å²) in [6.45, 7) is 9.12. The van der Waals surface area contributed by atoms with Crippen LogP contribution in [-0.2, 0) is 0 Å². The molecule has 0 atom stereocenters. The maximum atomic E-state index is 3.44. The number of piperidine rings is 1. The second-order valence-electron chi connectivity index (χ2n) is 5.07. The predicted octanol–water partition coefficient (Wildman–Crippen LogP) is 2.82. The third kappa shape index (κ3) is 3.47. The van der Waals surface area contributed by atoms with Gasteiger partial charge in [-0.15, -0.1) is 0 Å². The van der Waals surface area contributed by atoms with Crippen LogP contribution in [0.4, 0.5) is 5.69 Å². The van der Waals surface area contributed by atoms with Gasteiger partial charge in [0.15, 0.2) is 0 Å². The number of aryl methyl sites for hydroxylation is 1. The summed E-state index contributed by atoms with van der Waals surface area (Å²) in [6.07, 6.45) is 2.64. The minimum atomic E-state index is 0.858. The highest BCUT2D eigenvalue weighted by Crippen LogP contribution is 2.20. The SMILES string of the molecule is CCN(CC1CCNCC1)c1cccc(C)c1. The van der Waals surface area contributed by atoms with Gasteiger partial charge in [0.05, 0.1) is 0 Å². The van der Waals surface area contributed by atoms with Crippen LogP contribution in [0.3, 0.4) is 0 Å². The fourth-order valence-corrected chi connectivity index (χ4v) is 2.62. The second-order valence-corrected chi connectivity index (χ2v) is 5.07. The fraction of sp³-hybridized carbons (Fsp3) is 0.600. The molecule has 0 amide bonds. The molecule has 1 aliphatic rings. The molecule has 1 aromatic carbocycles. The molecule has 0 spiro atoms. The summed E-state index contributed by atoms with van der Waals surface area (Å²) >= 11 is 0. The first-order valence-corrected chi connectivity index (χ1v) is 6.82. The molecule has 0 radical (unpaired) electrons. The molecule has 2 rings (SSSR count). The zero-order valence-electron chi connectivity index (χ0n) is 11.1. The van der Waals surface area contributed by atoms with Gasteiger partial charge in [-0.3, -0.25) is 0 Å². The van der Waals surface area contributed by atoms with Gasteiger partial charge in [-0.1, -0.05) is 12.1 Å². The maximum Gasteiger partial charge on any atom is 0.0368 e. The molecule has 2 heteroatoms. The van der Waals surface area contributed by atoms with Gasteiger partial charge in [0.2, 0.25) is 0 Å². The third-order valence-corrected chi connectivity index (χ3v) is 3.69. The molecule has 1 fully saturated rings. The van der Waals surface area contributed by atoms with Crippen molar-refractivity contribution < 1.29 is 0 Å².